The Bertz CT molecular complexity index is 1600. The van der Waals surface area contributed by atoms with E-state index in [1.165, 1.54) is 25.4 Å². The minimum atomic E-state index is -0.668. The number of nitrogens with zero attached hydrogens (tertiary/aromatic N) is 3. The van der Waals surface area contributed by atoms with Gasteiger partial charge in [0.15, 0.2) is 12.0 Å². The molecule has 1 aliphatic carbocycles. The van der Waals surface area contributed by atoms with Gasteiger partial charge in [-0.3, -0.25) is 20.4 Å². The number of allylic oxidation sites excluding steroid dienone is 4. The molecule has 0 unspecified atom stereocenters. The Labute approximate surface area is 287 Å². The second-order valence-electron chi connectivity index (χ2n) is 13.1. The largest absolute Gasteiger partial charge is 0.463 e. The Morgan fingerprint density at radius 1 is 0.980 bits per heavy atom. The monoisotopic (exact) mass is 670 g/mol. The summed E-state index contributed by atoms with van der Waals surface area (Å²) in [6.07, 6.45) is 16.0. The number of para-hydroxylation sites is 2. The Balaban J connectivity index is 1.20. The highest BCUT2D eigenvalue weighted by Crippen LogP contribution is 2.26. The molecule has 0 radical (unpaired) electrons. The summed E-state index contributed by atoms with van der Waals surface area (Å²) in [6, 6.07) is 9.91. The first-order valence-electron chi connectivity index (χ1n) is 16.9. The van der Waals surface area contributed by atoms with Crippen LogP contribution >= 0.6 is 0 Å². The molecule has 1 fully saturated rings. The van der Waals surface area contributed by atoms with Crippen LogP contribution in [0.1, 0.15) is 75.3 Å². The summed E-state index contributed by atoms with van der Waals surface area (Å²) in [4.78, 5) is 47.6. The zero-order chi connectivity index (χ0) is 34.6. The van der Waals surface area contributed by atoms with Crippen molar-refractivity contribution in [3.63, 3.8) is 0 Å². The van der Waals surface area contributed by atoms with E-state index in [4.69, 9.17) is 14.2 Å². The van der Waals surface area contributed by atoms with E-state index in [2.05, 4.69) is 31.9 Å². The van der Waals surface area contributed by atoms with Crippen LogP contribution in [0.25, 0.3) is 0 Å². The summed E-state index contributed by atoms with van der Waals surface area (Å²) in [5.74, 6) is 0.336. The SMILES string of the molecule is CC(C)(C)OC(=O)Nc1ccccc1NC(=O)c1ccc(CN(CCCCN2CCCC2)C(=O)NC2=COC=C(C3=CC=CCC3)O2)cn1. The summed E-state index contributed by atoms with van der Waals surface area (Å²) in [7, 11) is 0. The summed E-state index contributed by atoms with van der Waals surface area (Å²) in [5.41, 5.74) is 2.07. The van der Waals surface area contributed by atoms with Crippen molar-refractivity contribution < 1.29 is 28.6 Å². The van der Waals surface area contributed by atoms with Crippen LogP contribution in [0.3, 0.4) is 0 Å². The number of unbranched alkanes of at least 4 members (excludes halogenated alkanes) is 1. The number of amides is 4. The molecule has 12 heteroatoms. The maximum absolute atomic E-state index is 13.6. The van der Waals surface area contributed by atoms with Crippen molar-refractivity contribution in [2.75, 3.05) is 36.8 Å². The second kappa shape index (κ2) is 16.8. The van der Waals surface area contributed by atoms with Crippen LogP contribution in [0.5, 0.6) is 0 Å². The van der Waals surface area contributed by atoms with E-state index in [1.807, 2.05) is 12.2 Å². The number of ether oxygens (including phenoxy) is 3. The smallest absolute Gasteiger partial charge is 0.412 e. The number of anilines is 2. The molecule has 0 saturated carbocycles. The van der Waals surface area contributed by atoms with Crippen LogP contribution in [0.2, 0.25) is 0 Å². The zero-order valence-electron chi connectivity index (χ0n) is 28.5. The molecule has 3 heterocycles. The number of aromatic nitrogens is 1. The summed E-state index contributed by atoms with van der Waals surface area (Å²) < 4.78 is 16.8. The Morgan fingerprint density at radius 3 is 2.45 bits per heavy atom. The molecule has 5 rings (SSSR count). The van der Waals surface area contributed by atoms with Crippen molar-refractivity contribution in [2.24, 2.45) is 0 Å². The van der Waals surface area contributed by atoms with Crippen molar-refractivity contribution in [2.45, 2.75) is 71.4 Å². The van der Waals surface area contributed by atoms with Crippen LogP contribution in [0.4, 0.5) is 21.0 Å². The lowest BCUT2D eigenvalue weighted by atomic mass is 10.0. The van der Waals surface area contributed by atoms with Gasteiger partial charge in [0, 0.05) is 19.3 Å². The van der Waals surface area contributed by atoms with Gasteiger partial charge in [-0.15, -0.1) is 0 Å². The van der Waals surface area contributed by atoms with Crippen molar-refractivity contribution in [3.8, 4) is 0 Å². The van der Waals surface area contributed by atoms with Gasteiger partial charge in [0.25, 0.3) is 5.91 Å². The predicted octanol–water partition coefficient (Wildman–Crippen LogP) is 7.03. The summed E-state index contributed by atoms with van der Waals surface area (Å²) in [5, 5.41) is 8.35. The molecule has 3 N–H and O–H groups in total. The number of hydrogen-bond donors (Lipinski definition) is 3. The molecule has 2 aliphatic heterocycles. The highest BCUT2D eigenvalue weighted by Gasteiger charge is 2.22. The molecule has 0 atom stereocenters. The molecule has 1 saturated heterocycles. The quantitative estimate of drug-likeness (QED) is 0.205. The third-order valence-corrected chi connectivity index (χ3v) is 8.01. The fraction of sp³-hybridized carbons (Fsp3) is 0.405. The van der Waals surface area contributed by atoms with Crippen LogP contribution in [-0.4, -0.2) is 64.6 Å². The molecule has 1 aromatic heterocycles. The van der Waals surface area contributed by atoms with Crippen molar-refractivity contribution >= 4 is 29.4 Å². The highest BCUT2D eigenvalue weighted by atomic mass is 16.6. The standard InChI is InChI=1S/C37H46N6O6/c1-37(2,3)49-36(46)40-30-16-8-7-15-29(30)39-34(44)31-18-17-27(23-38-31)24-43(22-12-11-21-42-19-9-10-20-42)35(45)41-33-26-47-25-32(48-33)28-13-5-4-6-14-28/h4-5,7-8,13,15-18,23,25-26H,6,9-12,14,19-22,24H2,1-3H3,(H,39,44)(H,40,46)(H,41,45). The molecule has 1 aromatic carbocycles. The number of likely N-dealkylation sites (tertiary alicyclic amines) is 1. The second-order valence-corrected chi connectivity index (χ2v) is 13.1. The van der Waals surface area contributed by atoms with E-state index in [9.17, 15) is 14.4 Å². The molecule has 0 bridgehead atoms. The lowest BCUT2D eigenvalue weighted by Crippen LogP contribution is -2.40. The predicted molar refractivity (Wildman–Crippen MR) is 187 cm³/mol. The van der Waals surface area contributed by atoms with E-state index in [1.54, 1.807) is 68.3 Å². The van der Waals surface area contributed by atoms with E-state index in [0.29, 0.717) is 23.7 Å². The Hall–Kier alpha value is -5.10. The Morgan fingerprint density at radius 2 is 1.76 bits per heavy atom. The van der Waals surface area contributed by atoms with Crippen LogP contribution in [-0.2, 0) is 20.8 Å². The molecule has 2 aromatic rings. The first-order valence-corrected chi connectivity index (χ1v) is 16.9. The van der Waals surface area contributed by atoms with E-state index < -0.39 is 17.6 Å². The van der Waals surface area contributed by atoms with Gasteiger partial charge in [-0.25, -0.2) is 9.59 Å². The first kappa shape index (κ1) is 35.2. The van der Waals surface area contributed by atoms with E-state index in [0.717, 1.165) is 56.5 Å². The number of carbonyl (C=O) groups excluding carboxylic acids is 3. The van der Waals surface area contributed by atoms with Crippen molar-refractivity contribution in [3.05, 3.63) is 102 Å². The normalized spacial score (nSPS) is 15.9. The van der Waals surface area contributed by atoms with Gasteiger partial charge in [-0.1, -0.05) is 36.4 Å². The van der Waals surface area contributed by atoms with Gasteiger partial charge >= 0.3 is 12.1 Å². The average Bonchev–Trinajstić information content (AvgIpc) is 3.61. The molecule has 0 spiro atoms. The first-order chi connectivity index (χ1) is 23.6. The summed E-state index contributed by atoms with van der Waals surface area (Å²) >= 11 is 0. The number of hydrogen-bond acceptors (Lipinski definition) is 8. The van der Waals surface area contributed by atoms with Gasteiger partial charge < -0.3 is 29.3 Å². The van der Waals surface area contributed by atoms with Crippen molar-refractivity contribution in [1.29, 1.82) is 0 Å². The maximum Gasteiger partial charge on any atom is 0.412 e. The van der Waals surface area contributed by atoms with Crippen molar-refractivity contribution in [1.82, 2.24) is 20.1 Å². The van der Waals surface area contributed by atoms with Crippen LogP contribution in [0, 0.1) is 0 Å². The lowest BCUT2D eigenvalue weighted by molar-refractivity contribution is 0.0635. The van der Waals surface area contributed by atoms with Crippen LogP contribution in [0.15, 0.2) is 90.6 Å². The van der Waals surface area contributed by atoms with Gasteiger partial charge in [-0.2, -0.15) is 0 Å². The number of pyridine rings is 1. The average molecular weight is 671 g/mol. The number of rotatable bonds is 12. The fourth-order valence-electron chi connectivity index (χ4n) is 5.58. The lowest BCUT2D eigenvalue weighted by Gasteiger charge is -2.26. The fourth-order valence-corrected chi connectivity index (χ4v) is 5.58. The van der Waals surface area contributed by atoms with Crippen LogP contribution < -0.4 is 16.0 Å². The van der Waals surface area contributed by atoms with Gasteiger partial charge in [-0.05, 0) is 108 Å². The van der Waals surface area contributed by atoms with E-state index in [-0.39, 0.29) is 24.2 Å². The molecule has 4 amide bonds. The number of nitrogens with one attached hydrogen (secondary N) is 3. The van der Waals surface area contributed by atoms with E-state index >= 15 is 0 Å². The molecule has 3 aliphatic rings. The molecule has 12 nitrogen and oxygen atoms in total. The zero-order valence-corrected chi connectivity index (χ0v) is 28.5. The Kier molecular flexibility index (Phi) is 12.1. The molecule has 260 valence electrons. The van der Waals surface area contributed by atoms with Gasteiger partial charge in [0.1, 0.15) is 17.6 Å². The minimum absolute atomic E-state index is 0.182. The van der Waals surface area contributed by atoms with Gasteiger partial charge in [0.05, 0.1) is 11.4 Å². The minimum Gasteiger partial charge on any atom is -0.463 e. The number of carbonyl (C=O) groups is 3. The molecule has 49 heavy (non-hydrogen) atoms. The third-order valence-electron chi connectivity index (χ3n) is 8.01. The number of urea groups is 1. The third kappa shape index (κ3) is 11.0. The van der Waals surface area contributed by atoms with Gasteiger partial charge in [0.2, 0.25) is 5.88 Å². The maximum atomic E-state index is 13.6. The molecular weight excluding hydrogens is 624 g/mol. The topological polar surface area (TPSA) is 134 Å². The summed E-state index contributed by atoms with van der Waals surface area (Å²) in [6.45, 7) is 9.40. The highest BCUT2D eigenvalue weighted by molar-refractivity contribution is 6.05. The number of benzene rings is 1. The molecular formula is C37H46N6O6.